The van der Waals surface area contributed by atoms with E-state index in [-0.39, 0.29) is 6.61 Å². The number of aryl methyl sites for hydroxylation is 1. The fourth-order valence-corrected chi connectivity index (χ4v) is 2.36. The molecule has 0 aliphatic heterocycles. The van der Waals surface area contributed by atoms with E-state index in [1.807, 2.05) is 18.2 Å². The lowest BCUT2D eigenvalue weighted by Gasteiger charge is -2.12. The Morgan fingerprint density at radius 3 is 2.40 bits per heavy atom. The van der Waals surface area contributed by atoms with Crippen molar-refractivity contribution in [2.24, 2.45) is 0 Å². The zero-order chi connectivity index (χ0) is 17.9. The number of ether oxygens (including phenoxy) is 4. The third-order valence-corrected chi connectivity index (χ3v) is 3.64. The van der Waals surface area contributed by atoms with Gasteiger partial charge in [0.05, 0.1) is 26.4 Å². The number of carbonyl (C=O) groups excluding carboxylic acids is 1. The second-order valence-corrected chi connectivity index (χ2v) is 5.35. The minimum absolute atomic E-state index is 0.217. The van der Waals surface area contributed by atoms with Crippen LogP contribution in [-0.4, -0.2) is 45.6 Å². The van der Waals surface area contributed by atoms with Gasteiger partial charge in [-0.15, -0.1) is 0 Å². The highest BCUT2D eigenvalue weighted by molar-refractivity contribution is 5.87. The molecule has 0 N–H and O–H groups in total. The number of carbonyl (C=O) groups is 1. The number of benzene rings is 2. The average molecular weight is 344 g/mol. The monoisotopic (exact) mass is 344 g/mol. The Labute approximate surface area is 148 Å². The molecule has 0 aliphatic rings. The van der Waals surface area contributed by atoms with Crippen LogP contribution in [0, 0.1) is 6.92 Å². The molecule has 2 rings (SSSR count). The fourth-order valence-electron chi connectivity index (χ4n) is 2.36. The predicted molar refractivity (Wildman–Crippen MR) is 97.0 cm³/mol. The Kier molecular flexibility index (Phi) is 7.95. The number of hydrogen-bond acceptors (Lipinski definition) is 5. The molecule has 0 saturated carbocycles. The Morgan fingerprint density at radius 2 is 1.64 bits per heavy atom. The van der Waals surface area contributed by atoms with E-state index in [2.05, 4.69) is 31.7 Å². The quantitative estimate of drug-likeness (QED) is 0.356. The van der Waals surface area contributed by atoms with Crippen molar-refractivity contribution in [3.8, 4) is 5.75 Å². The molecule has 2 aromatic rings. The van der Waals surface area contributed by atoms with Crippen molar-refractivity contribution in [2.75, 3.05) is 39.6 Å². The van der Waals surface area contributed by atoms with Crippen molar-refractivity contribution in [2.45, 2.75) is 6.92 Å². The van der Waals surface area contributed by atoms with Crippen molar-refractivity contribution in [1.82, 2.24) is 0 Å². The van der Waals surface area contributed by atoms with E-state index in [9.17, 15) is 4.79 Å². The van der Waals surface area contributed by atoms with Crippen LogP contribution in [0.3, 0.4) is 0 Å². The first-order valence-electron chi connectivity index (χ1n) is 8.28. The summed E-state index contributed by atoms with van der Waals surface area (Å²) in [5.41, 5.74) is 1.13. The summed E-state index contributed by atoms with van der Waals surface area (Å²) >= 11 is 0. The minimum Gasteiger partial charge on any atom is -0.491 e. The summed E-state index contributed by atoms with van der Waals surface area (Å²) < 4.78 is 21.3. The van der Waals surface area contributed by atoms with E-state index in [0.717, 1.165) is 17.4 Å². The van der Waals surface area contributed by atoms with Gasteiger partial charge >= 0.3 is 5.97 Å². The first-order valence-corrected chi connectivity index (χ1v) is 8.28. The third-order valence-electron chi connectivity index (χ3n) is 3.64. The largest absolute Gasteiger partial charge is 0.491 e. The first-order chi connectivity index (χ1) is 12.2. The molecule has 0 spiro atoms. The Morgan fingerprint density at radius 1 is 0.960 bits per heavy atom. The SMILES string of the molecule is C=CC(=O)OCCOCCOCCOc1ccc2ccccc2c1C. The van der Waals surface area contributed by atoms with Crippen molar-refractivity contribution < 1.29 is 23.7 Å². The predicted octanol–water partition coefficient (Wildman–Crippen LogP) is 3.29. The van der Waals surface area contributed by atoms with Crippen LogP contribution >= 0.6 is 0 Å². The second kappa shape index (κ2) is 10.5. The topological polar surface area (TPSA) is 54.0 Å². The molecule has 2 aromatic carbocycles. The fraction of sp³-hybridized carbons (Fsp3) is 0.350. The van der Waals surface area contributed by atoms with E-state index in [1.54, 1.807) is 0 Å². The van der Waals surface area contributed by atoms with Gasteiger partial charge in [-0.05, 0) is 29.3 Å². The van der Waals surface area contributed by atoms with Gasteiger partial charge in [0.2, 0.25) is 0 Å². The average Bonchev–Trinajstić information content (AvgIpc) is 2.64. The second-order valence-electron chi connectivity index (χ2n) is 5.35. The molecule has 0 heterocycles. The molecule has 5 heteroatoms. The summed E-state index contributed by atoms with van der Waals surface area (Å²) in [6, 6.07) is 12.3. The van der Waals surface area contributed by atoms with Crippen LogP contribution < -0.4 is 4.74 Å². The first kappa shape index (κ1) is 19.0. The van der Waals surface area contributed by atoms with E-state index in [4.69, 9.17) is 18.9 Å². The van der Waals surface area contributed by atoms with Crippen LogP contribution in [0.2, 0.25) is 0 Å². The van der Waals surface area contributed by atoms with Crippen LogP contribution in [0.25, 0.3) is 10.8 Å². The van der Waals surface area contributed by atoms with Gasteiger partial charge in [-0.3, -0.25) is 0 Å². The Balaban J connectivity index is 1.57. The maximum atomic E-state index is 10.8. The van der Waals surface area contributed by atoms with Crippen LogP contribution in [0.15, 0.2) is 49.1 Å². The van der Waals surface area contributed by atoms with E-state index in [1.165, 1.54) is 10.8 Å². The lowest BCUT2D eigenvalue weighted by molar-refractivity contribution is -0.139. The lowest BCUT2D eigenvalue weighted by Crippen LogP contribution is -2.13. The van der Waals surface area contributed by atoms with Crippen LogP contribution in [0.4, 0.5) is 0 Å². The molecular formula is C20H24O5. The Bertz CT molecular complexity index is 696. The Hall–Kier alpha value is -2.37. The maximum absolute atomic E-state index is 10.8. The number of esters is 1. The van der Waals surface area contributed by atoms with Gasteiger partial charge in [0.15, 0.2) is 0 Å². The minimum atomic E-state index is -0.444. The molecule has 0 amide bonds. The summed E-state index contributed by atoms with van der Waals surface area (Å²) in [5, 5.41) is 2.41. The zero-order valence-electron chi connectivity index (χ0n) is 14.5. The van der Waals surface area contributed by atoms with Gasteiger partial charge in [0.25, 0.3) is 0 Å². The van der Waals surface area contributed by atoms with Gasteiger partial charge < -0.3 is 18.9 Å². The molecule has 0 unspecified atom stereocenters. The van der Waals surface area contributed by atoms with Gasteiger partial charge in [-0.1, -0.05) is 36.9 Å². The molecule has 5 nitrogen and oxygen atoms in total. The smallest absolute Gasteiger partial charge is 0.330 e. The summed E-state index contributed by atoms with van der Waals surface area (Å²) in [4.78, 5) is 10.8. The molecule has 0 bridgehead atoms. The highest BCUT2D eigenvalue weighted by Crippen LogP contribution is 2.26. The van der Waals surface area contributed by atoms with Gasteiger partial charge in [0, 0.05) is 6.08 Å². The van der Waals surface area contributed by atoms with Crippen molar-refractivity contribution in [3.05, 3.63) is 54.6 Å². The summed E-state index contributed by atoms with van der Waals surface area (Å²) in [6.07, 6.45) is 1.13. The normalized spacial score (nSPS) is 10.6. The van der Waals surface area contributed by atoms with E-state index >= 15 is 0 Å². The van der Waals surface area contributed by atoms with Crippen LogP contribution in [-0.2, 0) is 19.0 Å². The van der Waals surface area contributed by atoms with E-state index < -0.39 is 5.97 Å². The van der Waals surface area contributed by atoms with Gasteiger partial charge in [-0.2, -0.15) is 0 Å². The molecule has 0 saturated heterocycles. The van der Waals surface area contributed by atoms with Crippen molar-refractivity contribution in [1.29, 1.82) is 0 Å². The summed E-state index contributed by atoms with van der Waals surface area (Å²) in [6.45, 7) is 7.82. The number of rotatable bonds is 11. The summed E-state index contributed by atoms with van der Waals surface area (Å²) in [5.74, 6) is 0.434. The van der Waals surface area contributed by atoms with Crippen LogP contribution in [0.5, 0.6) is 5.75 Å². The number of hydrogen-bond donors (Lipinski definition) is 0. The van der Waals surface area contributed by atoms with Gasteiger partial charge in [0.1, 0.15) is 19.0 Å². The molecule has 0 fully saturated rings. The van der Waals surface area contributed by atoms with Crippen molar-refractivity contribution in [3.63, 3.8) is 0 Å². The lowest BCUT2D eigenvalue weighted by atomic mass is 10.1. The molecule has 25 heavy (non-hydrogen) atoms. The molecule has 134 valence electrons. The summed E-state index contributed by atoms with van der Waals surface area (Å²) in [7, 11) is 0. The van der Waals surface area contributed by atoms with Crippen molar-refractivity contribution >= 4 is 16.7 Å². The standard InChI is InChI=1S/C20H24O5/c1-3-20(21)25-15-13-23-11-10-22-12-14-24-19-9-8-17-6-4-5-7-18(17)16(19)2/h3-9H,1,10-15H2,2H3. The third kappa shape index (κ3) is 6.21. The highest BCUT2D eigenvalue weighted by Gasteiger charge is 2.04. The number of fused-ring (bicyclic) bond motifs is 1. The zero-order valence-corrected chi connectivity index (χ0v) is 14.5. The van der Waals surface area contributed by atoms with Crippen LogP contribution in [0.1, 0.15) is 5.56 Å². The maximum Gasteiger partial charge on any atom is 0.330 e. The highest BCUT2D eigenvalue weighted by atomic mass is 16.6. The molecule has 0 atom stereocenters. The molecular weight excluding hydrogens is 320 g/mol. The molecule has 0 radical (unpaired) electrons. The molecule has 0 aliphatic carbocycles. The van der Waals surface area contributed by atoms with Gasteiger partial charge in [-0.25, -0.2) is 4.79 Å². The van der Waals surface area contributed by atoms with E-state index in [0.29, 0.717) is 33.0 Å². The molecule has 0 aromatic heterocycles.